The summed E-state index contributed by atoms with van der Waals surface area (Å²) in [5.74, 6) is 0.140. The SMILES string of the molecule is O=C(Nc1ccccc1)[C@H](Cc1ccccc1)N1C(=O)[C@@H]2[C@H]3C=C[C@@H]([C@@H]4C[C@@H]34)[C@@H]2C1=O. The number of para-hydroxylation sites is 1. The second-order valence-corrected chi connectivity index (χ2v) is 9.26. The van der Waals surface area contributed by atoms with Crippen molar-refractivity contribution in [2.45, 2.75) is 18.9 Å². The molecule has 0 spiro atoms. The van der Waals surface area contributed by atoms with Gasteiger partial charge in [-0.15, -0.1) is 0 Å². The predicted molar refractivity (Wildman–Crippen MR) is 116 cm³/mol. The maximum absolute atomic E-state index is 13.6. The number of hydrogen-bond donors (Lipinski definition) is 1. The molecule has 156 valence electrons. The highest BCUT2D eigenvalue weighted by atomic mass is 16.2. The van der Waals surface area contributed by atoms with Crippen molar-refractivity contribution in [1.82, 2.24) is 4.90 Å². The van der Waals surface area contributed by atoms with Crippen molar-refractivity contribution in [2.24, 2.45) is 35.5 Å². The van der Waals surface area contributed by atoms with Crippen LogP contribution in [0.3, 0.4) is 0 Å². The van der Waals surface area contributed by atoms with Crippen LogP contribution in [0.2, 0.25) is 0 Å². The number of imide groups is 1. The molecule has 31 heavy (non-hydrogen) atoms. The topological polar surface area (TPSA) is 66.5 Å². The van der Waals surface area contributed by atoms with Gasteiger partial charge in [0.2, 0.25) is 17.7 Å². The summed E-state index contributed by atoms with van der Waals surface area (Å²) >= 11 is 0. The Hall–Kier alpha value is -3.21. The van der Waals surface area contributed by atoms with Crippen molar-refractivity contribution in [3.8, 4) is 0 Å². The van der Waals surface area contributed by atoms with E-state index in [2.05, 4.69) is 17.5 Å². The molecule has 0 radical (unpaired) electrons. The number of nitrogens with one attached hydrogen (secondary N) is 1. The van der Waals surface area contributed by atoms with Crippen LogP contribution in [-0.4, -0.2) is 28.7 Å². The highest BCUT2D eigenvalue weighted by Crippen LogP contribution is 2.65. The van der Waals surface area contributed by atoms with Crippen LogP contribution in [0.4, 0.5) is 5.69 Å². The number of carbonyl (C=O) groups is 3. The van der Waals surface area contributed by atoms with Crippen LogP contribution >= 0.6 is 0 Å². The fourth-order valence-corrected chi connectivity index (χ4v) is 6.17. The number of benzene rings is 2. The fourth-order valence-electron chi connectivity index (χ4n) is 6.17. The summed E-state index contributed by atoms with van der Waals surface area (Å²) in [7, 11) is 0. The molecule has 4 aliphatic carbocycles. The summed E-state index contributed by atoms with van der Waals surface area (Å²) in [5, 5.41) is 2.92. The Morgan fingerprint density at radius 1 is 0.871 bits per heavy atom. The lowest BCUT2D eigenvalue weighted by Gasteiger charge is -2.37. The number of hydrogen-bond acceptors (Lipinski definition) is 3. The Morgan fingerprint density at radius 2 is 1.42 bits per heavy atom. The molecule has 7 rings (SSSR count). The lowest BCUT2D eigenvalue weighted by atomic mass is 9.63. The highest BCUT2D eigenvalue weighted by Gasteiger charge is 2.67. The minimum absolute atomic E-state index is 0.149. The van der Waals surface area contributed by atoms with Gasteiger partial charge >= 0.3 is 0 Å². The van der Waals surface area contributed by atoms with Gasteiger partial charge in [-0.3, -0.25) is 19.3 Å². The zero-order chi connectivity index (χ0) is 21.1. The number of amides is 3. The van der Waals surface area contributed by atoms with Crippen molar-refractivity contribution in [3.63, 3.8) is 0 Å². The lowest BCUT2D eigenvalue weighted by molar-refractivity contribution is -0.146. The first-order valence-corrected chi connectivity index (χ1v) is 11.1. The highest BCUT2D eigenvalue weighted by molar-refractivity contribution is 6.10. The Bertz CT molecular complexity index is 1040. The molecule has 2 aromatic carbocycles. The molecule has 1 aliphatic heterocycles. The maximum Gasteiger partial charge on any atom is 0.248 e. The normalized spacial score (nSPS) is 33.1. The van der Waals surface area contributed by atoms with Gasteiger partial charge in [0.1, 0.15) is 6.04 Å². The van der Waals surface area contributed by atoms with E-state index in [1.54, 1.807) is 0 Å². The van der Waals surface area contributed by atoms with Crippen molar-refractivity contribution in [1.29, 1.82) is 0 Å². The Kier molecular flexibility index (Phi) is 4.13. The molecule has 1 N–H and O–H groups in total. The number of anilines is 1. The Balaban J connectivity index is 1.34. The lowest BCUT2D eigenvalue weighted by Crippen LogP contribution is -2.49. The molecular weight excluding hydrogens is 388 g/mol. The smallest absolute Gasteiger partial charge is 0.248 e. The summed E-state index contributed by atoms with van der Waals surface area (Å²) in [4.78, 5) is 41.9. The molecule has 2 bridgehead atoms. The minimum atomic E-state index is -0.857. The molecule has 5 aliphatic rings. The molecule has 2 saturated carbocycles. The summed E-state index contributed by atoms with van der Waals surface area (Å²) in [5.41, 5.74) is 1.58. The van der Waals surface area contributed by atoms with Gasteiger partial charge in [0.05, 0.1) is 11.8 Å². The van der Waals surface area contributed by atoms with Crippen molar-refractivity contribution < 1.29 is 14.4 Å². The average molecular weight is 412 g/mol. The molecule has 5 nitrogen and oxygen atoms in total. The van der Waals surface area contributed by atoms with Gasteiger partial charge in [-0.2, -0.15) is 0 Å². The van der Waals surface area contributed by atoms with Gasteiger partial charge in [0, 0.05) is 12.1 Å². The molecule has 7 atom stereocenters. The first-order chi connectivity index (χ1) is 15.1. The van der Waals surface area contributed by atoms with Crippen LogP contribution in [0.1, 0.15) is 12.0 Å². The van der Waals surface area contributed by atoms with Crippen LogP contribution in [-0.2, 0) is 20.8 Å². The molecule has 5 heteroatoms. The average Bonchev–Trinajstić information content (AvgIpc) is 3.58. The molecule has 0 aromatic heterocycles. The van der Waals surface area contributed by atoms with Crippen LogP contribution in [0, 0.1) is 35.5 Å². The van der Waals surface area contributed by atoms with Crippen molar-refractivity contribution in [3.05, 3.63) is 78.4 Å². The number of nitrogens with zero attached hydrogens (tertiary/aromatic N) is 1. The van der Waals surface area contributed by atoms with Crippen LogP contribution in [0.5, 0.6) is 0 Å². The first kappa shape index (κ1) is 18.6. The number of allylic oxidation sites excluding steroid dienone is 2. The zero-order valence-electron chi connectivity index (χ0n) is 17.1. The van der Waals surface area contributed by atoms with Gasteiger partial charge in [0.15, 0.2) is 0 Å². The van der Waals surface area contributed by atoms with E-state index < -0.39 is 6.04 Å². The Morgan fingerprint density at radius 3 is 2.00 bits per heavy atom. The number of likely N-dealkylation sites (tertiary alicyclic amines) is 1. The van der Waals surface area contributed by atoms with Crippen LogP contribution < -0.4 is 5.32 Å². The first-order valence-electron chi connectivity index (χ1n) is 11.1. The third kappa shape index (κ3) is 2.87. The standard InChI is InChI=1S/C26H24N2O3/c29-24(27-16-9-5-2-6-10-16)21(13-15-7-3-1-4-8-15)28-25(30)22-17-11-12-18(20-14-19(17)20)23(22)26(28)31/h1-12,17-23H,13-14H2,(H,27,29)/t17-,18-,19-,20-,21-,22-,23+/m0/s1. The summed E-state index contributed by atoms with van der Waals surface area (Å²) in [6, 6.07) is 17.9. The second kappa shape index (κ2) is 6.91. The molecule has 2 aromatic rings. The van der Waals surface area contributed by atoms with Crippen LogP contribution in [0.25, 0.3) is 0 Å². The van der Waals surface area contributed by atoms with Gasteiger partial charge in [-0.25, -0.2) is 0 Å². The van der Waals surface area contributed by atoms with Gasteiger partial charge < -0.3 is 5.32 Å². The van der Waals surface area contributed by atoms with E-state index in [4.69, 9.17) is 0 Å². The van der Waals surface area contributed by atoms with Crippen molar-refractivity contribution >= 4 is 23.4 Å². The van der Waals surface area contributed by atoms with E-state index in [-0.39, 0.29) is 41.4 Å². The second-order valence-electron chi connectivity index (χ2n) is 9.26. The molecular formula is C26H24N2O3. The van der Waals surface area contributed by atoms with E-state index >= 15 is 0 Å². The predicted octanol–water partition coefficient (Wildman–Crippen LogP) is 3.29. The number of carbonyl (C=O) groups excluding carboxylic acids is 3. The van der Waals surface area contributed by atoms with E-state index in [9.17, 15) is 14.4 Å². The minimum Gasteiger partial charge on any atom is -0.324 e. The molecule has 0 unspecified atom stereocenters. The molecule has 1 saturated heterocycles. The third-order valence-electron chi connectivity index (χ3n) is 7.62. The van der Waals surface area contributed by atoms with Crippen LogP contribution in [0.15, 0.2) is 72.8 Å². The van der Waals surface area contributed by atoms with E-state index in [0.29, 0.717) is 23.9 Å². The maximum atomic E-state index is 13.6. The van der Waals surface area contributed by atoms with Gasteiger partial charge in [-0.1, -0.05) is 60.7 Å². The van der Waals surface area contributed by atoms with E-state index in [1.165, 1.54) is 4.90 Å². The summed E-state index contributed by atoms with van der Waals surface area (Å²) < 4.78 is 0. The summed E-state index contributed by atoms with van der Waals surface area (Å²) in [6.07, 6.45) is 5.75. The molecule has 1 heterocycles. The third-order valence-corrected chi connectivity index (χ3v) is 7.62. The van der Waals surface area contributed by atoms with Crippen molar-refractivity contribution in [2.75, 3.05) is 5.32 Å². The summed E-state index contributed by atoms with van der Waals surface area (Å²) in [6.45, 7) is 0. The molecule has 3 fully saturated rings. The van der Waals surface area contributed by atoms with Gasteiger partial charge in [-0.05, 0) is 47.8 Å². The number of rotatable bonds is 5. The quantitative estimate of drug-likeness (QED) is 0.605. The zero-order valence-corrected chi connectivity index (χ0v) is 17.1. The largest absolute Gasteiger partial charge is 0.324 e. The monoisotopic (exact) mass is 412 g/mol. The fraction of sp³-hybridized carbons (Fsp3) is 0.346. The molecule has 3 amide bonds. The van der Waals surface area contributed by atoms with E-state index in [1.807, 2.05) is 60.7 Å². The Labute approximate surface area is 181 Å². The van der Waals surface area contributed by atoms with Gasteiger partial charge in [0.25, 0.3) is 0 Å². The van der Waals surface area contributed by atoms with E-state index in [0.717, 1.165) is 12.0 Å².